The number of benzene rings is 2. The van der Waals surface area contributed by atoms with Crippen LogP contribution in [-0.4, -0.2) is 43.7 Å². The van der Waals surface area contributed by atoms with Gasteiger partial charge in [-0.3, -0.25) is 0 Å². The molecule has 160 valence electrons. The zero-order chi connectivity index (χ0) is 21.3. The molecule has 2 aliphatic rings. The van der Waals surface area contributed by atoms with Crippen LogP contribution < -0.4 is 10.3 Å². The lowest BCUT2D eigenvalue weighted by molar-refractivity contribution is 0.194. The summed E-state index contributed by atoms with van der Waals surface area (Å²) < 4.78 is 5.50. The van der Waals surface area contributed by atoms with Crippen LogP contribution in [0.1, 0.15) is 12.0 Å². The van der Waals surface area contributed by atoms with Crippen LogP contribution in [0.25, 0.3) is 0 Å². The Bertz CT molecular complexity index is 948. The minimum absolute atomic E-state index is 0.234. The maximum Gasteiger partial charge on any atom is 0.339 e. The van der Waals surface area contributed by atoms with E-state index >= 15 is 0 Å². The van der Waals surface area contributed by atoms with Crippen molar-refractivity contribution in [1.29, 1.82) is 0 Å². The molecule has 0 bridgehead atoms. The smallest absolute Gasteiger partial charge is 0.339 e. The van der Waals surface area contributed by atoms with Crippen molar-refractivity contribution in [2.45, 2.75) is 12.8 Å². The van der Waals surface area contributed by atoms with Gasteiger partial charge in [-0.1, -0.05) is 53.8 Å². The fourth-order valence-electron chi connectivity index (χ4n) is 3.67. The first-order valence-corrected chi connectivity index (χ1v) is 10.6. The second kappa shape index (κ2) is 10.4. The lowest BCUT2D eigenvalue weighted by Gasteiger charge is -2.35. The highest BCUT2D eigenvalue weighted by molar-refractivity contribution is 5.74. The third-order valence-electron chi connectivity index (χ3n) is 5.40. The maximum atomic E-state index is 12.4. The van der Waals surface area contributed by atoms with Crippen molar-refractivity contribution in [2.24, 2.45) is 10.3 Å². The summed E-state index contributed by atoms with van der Waals surface area (Å²) in [6, 6.07) is 20.4. The minimum atomic E-state index is -0.234. The largest absolute Gasteiger partial charge is 0.495 e. The molecule has 0 unspecified atom stereocenters. The second-order valence-electron chi connectivity index (χ2n) is 7.57. The van der Waals surface area contributed by atoms with Crippen molar-refractivity contribution in [3.05, 3.63) is 89.8 Å². The number of carbonyl (C=O) groups is 1. The van der Waals surface area contributed by atoms with E-state index in [1.807, 2.05) is 42.5 Å². The average Bonchev–Trinajstić information content (AvgIpc) is 2.84. The van der Waals surface area contributed by atoms with Crippen molar-refractivity contribution in [3.8, 4) is 0 Å². The van der Waals surface area contributed by atoms with E-state index < -0.39 is 0 Å². The van der Waals surface area contributed by atoms with Crippen LogP contribution in [0.5, 0.6) is 0 Å². The normalized spacial score (nSPS) is 16.5. The summed E-state index contributed by atoms with van der Waals surface area (Å²) in [4.78, 5) is 16.4. The molecule has 7 heteroatoms. The standard InChI is InChI=1S/C24H27N5O2/c30-24(29-15-13-28(14-16-29)23-9-5-2-6-10-23)26-27-25-22-17-21(18-31-19-22)12-11-20-7-3-1-4-8-20/h1-10,17,19H,11-16,18H2,(H,25,26,30). The highest BCUT2D eigenvalue weighted by atomic mass is 16.5. The van der Waals surface area contributed by atoms with Crippen LogP contribution in [0.2, 0.25) is 0 Å². The monoisotopic (exact) mass is 417 g/mol. The zero-order valence-electron chi connectivity index (χ0n) is 17.5. The van der Waals surface area contributed by atoms with Gasteiger partial charge in [0.25, 0.3) is 0 Å². The summed E-state index contributed by atoms with van der Waals surface area (Å²) >= 11 is 0. The van der Waals surface area contributed by atoms with Gasteiger partial charge in [0.15, 0.2) is 0 Å². The number of para-hydroxylation sites is 1. The Balaban J connectivity index is 1.22. The van der Waals surface area contributed by atoms with E-state index in [1.54, 1.807) is 11.2 Å². The van der Waals surface area contributed by atoms with Crippen LogP contribution in [0.15, 0.2) is 94.6 Å². The van der Waals surface area contributed by atoms with Crippen molar-refractivity contribution in [3.63, 3.8) is 0 Å². The minimum Gasteiger partial charge on any atom is -0.495 e. The van der Waals surface area contributed by atoms with Gasteiger partial charge in [-0.2, -0.15) is 0 Å². The van der Waals surface area contributed by atoms with E-state index in [2.05, 4.69) is 44.9 Å². The van der Waals surface area contributed by atoms with Gasteiger partial charge in [0, 0.05) is 31.9 Å². The molecule has 0 spiro atoms. The Morgan fingerprint density at radius 2 is 1.65 bits per heavy atom. The molecule has 0 atom stereocenters. The number of anilines is 1. The molecule has 7 nitrogen and oxygen atoms in total. The third kappa shape index (κ3) is 5.94. The highest BCUT2D eigenvalue weighted by Crippen LogP contribution is 2.18. The number of hydrogen-bond acceptors (Lipinski definition) is 5. The van der Waals surface area contributed by atoms with Gasteiger partial charge in [-0.15, -0.1) is 5.11 Å². The number of ether oxygens (including phenoxy) is 1. The van der Waals surface area contributed by atoms with E-state index in [9.17, 15) is 4.79 Å². The predicted molar refractivity (Wildman–Crippen MR) is 120 cm³/mol. The van der Waals surface area contributed by atoms with E-state index in [-0.39, 0.29) is 6.03 Å². The van der Waals surface area contributed by atoms with Crippen molar-refractivity contribution in [1.82, 2.24) is 10.3 Å². The number of piperazine rings is 1. The molecular formula is C24H27N5O2. The van der Waals surface area contributed by atoms with Gasteiger partial charge in [-0.05, 0) is 42.2 Å². The fraction of sp³-hybridized carbons (Fsp3) is 0.292. The molecule has 1 N–H and O–H groups in total. The van der Waals surface area contributed by atoms with Crippen LogP contribution in [0, 0.1) is 0 Å². The summed E-state index contributed by atoms with van der Waals surface area (Å²) in [6.07, 6.45) is 5.39. The Hall–Kier alpha value is -3.61. The number of nitrogens with one attached hydrogen (secondary N) is 1. The number of rotatable bonds is 6. The van der Waals surface area contributed by atoms with Gasteiger partial charge < -0.3 is 14.5 Å². The molecule has 2 heterocycles. The number of urea groups is 1. The molecule has 4 rings (SSSR count). The van der Waals surface area contributed by atoms with Gasteiger partial charge in [0.2, 0.25) is 0 Å². The van der Waals surface area contributed by atoms with E-state index in [0.717, 1.165) is 31.5 Å². The molecule has 1 saturated heterocycles. The molecule has 2 aromatic carbocycles. The molecule has 0 aromatic heterocycles. The predicted octanol–water partition coefficient (Wildman–Crippen LogP) is 4.32. The number of nitrogens with zero attached hydrogens (tertiary/aromatic N) is 4. The van der Waals surface area contributed by atoms with Crippen LogP contribution >= 0.6 is 0 Å². The molecule has 31 heavy (non-hydrogen) atoms. The lowest BCUT2D eigenvalue weighted by atomic mass is 10.0. The SMILES string of the molecule is O=C(NN=NC1=COCC(CCc2ccccc2)=C1)N1CCN(c2ccccc2)CC1. The first-order valence-electron chi connectivity index (χ1n) is 10.6. The average molecular weight is 418 g/mol. The van der Waals surface area contributed by atoms with Gasteiger partial charge in [0.1, 0.15) is 18.6 Å². The summed E-state index contributed by atoms with van der Waals surface area (Å²) in [7, 11) is 0. The number of allylic oxidation sites excluding steroid dienone is 1. The number of carbonyl (C=O) groups excluding carboxylic acids is 1. The van der Waals surface area contributed by atoms with Gasteiger partial charge in [-0.25, -0.2) is 10.2 Å². The molecule has 1 fully saturated rings. The Kier molecular flexibility index (Phi) is 6.95. The Labute approximate surface area is 182 Å². The quantitative estimate of drug-likeness (QED) is 0.562. The summed E-state index contributed by atoms with van der Waals surface area (Å²) in [5.74, 6) is 0. The molecule has 2 aliphatic heterocycles. The molecule has 2 amide bonds. The first-order chi connectivity index (χ1) is 15.3. The van der Waals surface area contributed by atoms with E-state index in [1.165, 1.54) is 11.3 Å². The lowest BCUT2D eigenvalue weighted by Crippen LogP contribution is -2.51. The van der Waals surface area contributed by atoms with Gasteiger partial charge in [0.05, 0.1) is 0 Å². The van der Waals surface area contributed by atoms with E-state index in [0.29, 0.717) is 25.4 Å². The Morgan fingerprint density at radius 1 is 0.935 bits per heavy atom. The highest BCUT2D eigenvalue weighted by Gasteiger charge is 2.21. The topological polar surface area (TPSA) is 69.5 Å². The summed E-state index contributed by atoms with van der Waals surface area (Å²) in [6.45, 7) is 3.43. The Morgan fingerprint density at radius 3 is 2.39 bits per heavy atom. The van der Waals surface area contributed by atoms with Crippen LogP contribution in [-0.2, 0) is 11.2 Å². The molecule has 0 saturated carbocycles. The number of aryl methyl sites for hydroxylation is 1. The fourth-order valence-corrected chi connectivity index (χ4v) is 3.67. The van der Waals surface area contributed by atoms with Crippen molar-refractivity contribution >= 4 is 11.7 Å². The van der Waals surface area contributed by atoms with E-state index in [4.69, 9.17) is 4.74 Å². The number of amides is 2. The van der Waals surface area contributed by atoms with Crippen LogP contribution in [0.3, 0.4) is 0 Å². The second-order valence-corrected chi connectivity index (χ2v) is 7.57. The molecule has 2 aromatic rings. The molecule has 0 radical (unpaired) electrons. The van der Waals surface area contributed by atoms with Crippen molar-refractivity contribution < 1.29 is 9.53 Å². The van der Waals surface area contributed by atoms with Crippen LogP contribution in [0.4, 0.5) is 10.5 Å². The zero-order valence-corrected chi connectivity index (χ0v) is 17.5. The first kappa shape index (κ1) is 20.7. The number of hydrogen-bond donors (Lipinski definition) is 1. The third-order valence-corrected chi connectivity index (χ3v) is 5.40. The summed E-state index contributed by atoms with van der Waals surface area (Å²) in [5, 5.41) is 7.98. The van der Waals surface area contributed by atoms with Crippen molar-refractivity contribution in [2.75, 3.05) is 37.7 Å². The molecule has 0 aliphatic carbocycles. The van der Waals surface area contributed by atoms with Gasteiger partial charge >= 0.3 is 6.03 Å². The maximum absolute atomic E-state index is 12.4. The molecular weight excluding hydrogens is 390 g/mol. The summed E-state index contributed by atoms with van der Waals surface area (Å²) in [5.41, 5.74) is 6.76.